The Kier molecular flexibility index (Phi) is 8.78. The molecule has 0 spiro atoms. The van der Waals surface area contributed by atoms with E-state index < -0.39 is 17.6 Å². The van der Waals surface area contributed by atoms with Gasteiger partial charge in [0.1, 0.15) is 5.69 Å². The zero-order chi connectivity index (χ0) is 27.1. The van der Waals surface area contributed by atoms with Crippen LogP contribution < -0.4 is 5.32 Å². The first-order chi connectivity index (χ1) is 18.3. The van der Waals surface area contributed by atoms with Crippen LogP contribution in [0.15, 0.2) is 60.8 Å². The summed E-state index contributed by atoms with van der Waals surface area (Å²) in [7, 11) is 0. The number of ether oxygens (including phenoxy) is 1. The van der Waals surface area contributed by atoms with Crippen LogP contribution in [-0.4, -0.2) is 47.4 Å². The highest BCUT2D eigenvalue weighted by molar-refractivity contribution is 5.97. The average molecular weight is 522 g/mol. The molecular weight excluding hydrogens is 492 g/mol. The summed E-state index contributed by atoms with van der Waals surface area (Å²) in [5.74, 6) is -2.45. The number of anilines is 1. The lowest BCUT2D eigenvalue weighted by atomic mass is 9.89. The van der Waals surface area contributed by atoms with Crippen molar-refractivity contribution in [3.63, 3.8) is 0 Å². The van der Waals surface area contributed by atoms with Crippen LogP contribution in [0.2, 0.25) is 0 Å². The molecule has 1 aromatic heterocycles. The molecule has 1 fully saturated rings. The Labute approximate surface area is 219 Å². The van der Waals surface area contributed by atoms with E-state index in [1.54, 1.807) is 17.9 Å². The minimum atomic E-state index is -0.922. The van der Waals surface area contributed by atoms with Crippen LogP contribution in [0.3, 0.4) is 0 Å². The van der Waals surface area contributed by atoms with Crippen LogP contribution in [0.1, 0.15) is 64.1 Å². The van der Waals surface area contributed by atoms with E-state index in [0.717, 1.165) is 30.5 Å². The predicted molar refractivity (Wildman–Crippen MR) is 138 cm³/mol. The second kappa shape index (κ2) is 12.4. The summed E-state index contributed by atoms with van der Waals surface area (Å²) in [5, 5.41) is 2.83. The largest absolute Gasteiger partial charge is 0.461 e. The Bertz CT molecular complexity index is 1310. The normalized spacial score (nSPS) is 13.7. The van der Waals surface area contributed by atoms with Crippen molar-refractivity contribution in [3.05, 3.63) is 94.8 Å². The van der Waals surface area contributed by atoms with Gasteiger partial charge in [-0.05, 0) is 79.6 Å². The Morgan fingerprint density at radius 3 is 2.42 bits per heavy atom. The molecule has 9 heteroatoms. The minimum Gasteiger partial charge on any atom is -0.461 e. The minimum absolute atomic E-state index is 0.115. The van der Waals surface area contributed by atoms with Crippen molar-refractivity contribution >= 4 is 23.5 Å². The van der Waals surface area contributed by atoms with E-state index in [-0.39, 0.29) is 36.5 Å². The number of carbonyl (C=O) groups excluding carboxylic acids is 3. The summed E-state index contributed by atoms with van der Waals surface area (Å²) in [6, 6.07) is 14.3. The van der Waals surface area contributed by atoms with E-state index in [1.165, 1.54) is 18.3 Å². The smallest absolute Gasteiger partial charge is 0.356 e. The van der Waals surface area contributed by atoms with Gasteiger partial charge in [0.05, 0.1) is 6.61 Å². The number of carbonyl (C=O) groups is 3. The van der Waals surface area contributed by atoms with E-state index in [0.29, 0.717) is 36.3 Å². The highest BCUT2D eigenvalue weighted by atomic mass is 19.2. The maximum absolute atomic E-state index is 13.3. The number of piperidine rings is 1. The lowest BCUT2D eigenvalue weighted by molar-refractivity contribution is -0.116. The first-order valence-corrected chi connectivity index (χ1v) is 12.6. The van der Waals surface area contributed by atoms with Crippen LogP contribution >= 0.6 is 0 Å². The summed E-state index contributed by atoms with van der Waals surface area (Å²) < 4.78 is 31.3. The molecule has 1 aliphatic heterocycles. The molecule has 0 unspecified atom stereocenters. The Morgan fingerprint density at radius 2 is 1.74 bits per heavy atom. The van der Waals surface area contributed by atoms with Crippen LogP contribution in [0, 0.1) is 11.6 Å². The number of aromatic nitrogens is 1. The molecule has 198 valence electrons. The van der Waals surface area contributed by atoms with Crippen LogP contribution in [0.4, 0.5) is 14.5 Å². The van der Waals surface area contributed by atoms with Crippen molar-refractivity contribution in [2.75, 3.05) is 25.0 Å². The highest BCUT2D eigenvalue weighted by Crippen LogP contribution is 2.29. The summed E-state index contributed by atoms with van der Waals surface area (Å²) in [6.45, 7) is 3.12. The summed E-state index contributed by atoms with van der Waals surface area (Å²) >= 11 is 0. The van der Waals surface area contributed by atoms with Gasteiger partial charge in [0, 0.05) is 37.0 Å². The van der Waals surface area contributed by atoms with Crippen molar-refractivity contribution in [2.24, 2.45) is 0 Å². The van der Waals surface area contributed by atoms with Gasteiger partial charge in [0.2, 0.25) is 5.91 Å². The summed E-state index contributed by atoms with van der Waals surface area (Å²) in [5.41, 5.74) is 2.87. The standard InChI is InChI=1S/C29H29F2N3O4/c1-2-38-29(37)26-18-22(11-14-32-26)28(36)34-15-12-21(13-16-34)20-5-7-23(8-6-20)33-27(35)10-4-19-3-9-24(30)25(31)17-19/h3,5-9,11,14,17-18,21H,2,4,10,12-13,15-16H2,1H3,(H,33,35). The third-order valence-corrected chi connectivity index (χ3v) is 6.56. The van der Waals surface area contributed by atoms with E-state index in [2.05, 4.69) is 10.3 Å². The van der Waals surface area contributed by atoms with Crippen LogP contribution in [0.5, 0.6) is 0 Å². The quantitative estimate of drug-likeness (QED) is 0.416. The number of hydrogen-bond donors (Lipinski definition) is 1. The lowest BCUT2D eigenvalue weighted by Crippen LogP contribution is -2.38. The number of hydrogen-bond acceptors (Lipinski definition) is 5. The number of amides is 2. The monoisotopic (exact) mass is 521 g/mol. The first kappa shape index (κ1) is 26.9. The second-order valence-corrected chi connectivity index (χ2v) is 9.14. The number of pyridine rings is 1. The van der Waals surface area contributed by atoms with Gasteiger partial charge >= 0.3 is 5.97 Å². The molecule has 0 aliphatic carbocycles. The Morgan fingerprint density at radius 1 is 1.00 bits per heavy atom. The molecule has 2 aromatic carbocycles. The molecule has 1 aliphatic rings. The van der Waals surface area contributed by atoms with Crippen molar-refractivity contribution in [1.82, 2.24) is 9.88 Å². The molecule has 1 saturated heterocycles. The molecule has 2 heterocycles. The van der Waals surface area contributed by atoms with Crippen LogP contribution in [-0.2, 0) is 16.0 Å². The van der Waals surface area contributed by atoms with E-state index in [9.17, 15) is 23.2 Å². The number of benzene rings is 2. The van der Waals surface area contributed by atoms with Crippen molar-refractivity contribution in [2.45, 2.75) is 38.5 Å². The number of nitrogens with one attached hydrogen (secondary N) is 1. The second-order valence-electron chi connectivity index (χ2n) is 9.14. The molecule has 0 radical (unpaired) electrons. The fourth-order valence-electron chi connectivity index (χ4n) is 4.49. The maximum atomic E-state index is 13.3. The zero-order valence-corrected chi connectivity index (χ0v) is 21.1. The van der Waals surface area contributed by atoms with Gasteiger partial charge in [0.15, 0.2) is 11.6 Å². The van der Waals surface area contributed by atoms with E-state index in [4.69, 9.17) is 4.74 Å². The third kappa shape index (κ3) is 6.79. The fraction of sp³-hybridized carbons (Fsp3) is 0.310. The number of halogens is 2. The van der Waals surface area contributed by atoms with Gasteiger partial charge in [-0.15, -0.1) is 0 Å². The van der Waals surface area contributed by atoms with Crippen molar-refractivity contribution in [3.8, 4) is 0 Å². The van der Waals surface area contributed by atoms with E-state index in [1.807, 2.05) is 24.3 Å². The molecule has 0 atom stereocenters. The SMILES string of the molecule is CCOC(=O)c1cc(C(=O)N2CCC(c3ccc(NC(=O)CCc4ccc(F)c(F)c4)cc3)CC2)ccn1. The molecule has 1 N–H and O–H groups in total. The van der Waals surface area contributed by atoms with Gasteiger partial charge in [-0.25, -0.2) is 18.6 Å². The number of nitrogens with zero attached hydrogens (tertiary/aromatic N) is 2. The molecule has 2 amide bonds. The van der Waals surface area contributed by atoms with Crippen molar-refractivity contribution in [1.29, 1.82) is 0 Å². The summed E-state index contributed by atoms with van der Waals surface area (Å²) in [6.07, 6.45) is 3.48. The molecule has 3 aromatic rings. The molecule has 0 bridgehead atoms. The molecular formula is C29H29F2N3O4. The van der Waals surface area contributed by atoms with Gasteiger partial charge in [-0.1, -0.05) is 18.2 Å². The Hall–Kier alpha value is -4.14. The number of aryl methyl sites for hydroxylation is 1. The fourth-order valence-corrected chi connectivity index (χ4v) is 4.49. The Balaban J connectivity index is 1.26. The molecule has 7 nitrogen and oxygen atoms in total. The molecule has 4 rings (SSSR count). The maximum Gasteiger partial charge on any atom is 0.356 e. The number of likely N-dealkylation sites (tertiary alicyclic amines) is 1. The lowest BCUT2D eigenvalue weighted by Gasteiger charge is -2.32. The van der Waals surface area contributed by atoms with Gasteiger partial charge in [-0.2, -0.15) is 0 Å². The zero-order valence-electron chi connectivity index (χ0n) is 21.1. The highest BCUT2D eigenvalue weighted by Gasteiger charge is 2.25. The molecule has 0 saturated carbocycles. The van der Waals surface area contributed by atoms with E-state index >= 15 is 0 Å². The number of rotatable bonds is 8. The van der Waals surface area contributed by atoms with Gasteiger partial charge < -0.3 is 15.0 Å². The topological polar surface area (TPSA) is 88.6 Å². The van der Waals surface area contributed by atoms with Gasteiger partial charge in [-0.3, -0.25) is 9.59 Å². The van der Waals surface area contributed by atoms with Crippen LogP contribution in [0.25, 0.3) is 0 Å². The van der Waals surface area contributed by atoms with Gasteiger partial charge in [0.25, 0.3) is 5.91 Å². The summed E-state index contributed by atoms with van der Waals surface area (Å²) in [4.78, 5) is 43.0. The molecule has 38 heavy (non-hydrogen) atoms. The average Bonchev–Trinajstić information content (AvgIpc) is 2.94. The third-order valence-electron chi connectivity index (χ3n) is 6.56. The predicted octanol–water partition coefficient (Wildman–Crippen LogP) is 5.13. The first-order valence-electron chi connectivity index (χ1n) is 12.6. The van der Waals surface area contributed by atoms with Crippen molar-refractivity contribution < 1.29 is 27.9 Å². The number of esters is 1.